The summed E-state index contributed by atoms with van der Waals surface area (Å²) in [5, 5.41) is 12.3. The van der Waals surface area contributed by atoms with Crippen LogP contribution in [0.2, 0.25) is 0 Å². The molecule has 1 aromatic heterocycles. The summed E-state index contributed by atoms with van der Waals surface area (Å²) in [5.41, 5.74) is 3.73. The molecule has 2 aromatic carbocycles. The molecule has 30 heavy (non-hydrogen) atoms. The van der Waals surface area contributed by atoms with Crippen molar-refractivity contribution < 1.29 is 18.0 Å². The van der Waals surface area contributed by atoms with E-state index < -0.39 is 18.6 Å². The molecule has 3 aromatic rings. The fourth-order valence-corrected chi connectivity index (χ4v) is 3.30. The fourth-order valence-electron chi connectivity index (χ4n) is 3.30. The zero-order valence-corrected chi connectivity index (χ0v) is 17.4. The molecule has 1 amide bonds. The van der Waals surface area contributed by atoms with Gasteiger partial charge >= 0.3 is 6.18 Å². The second-order valence-electron chi connectivity index (χ2n) is 8.66. The number of hydrogen-bond acceptors (Lipinski definition) is 3. The second kappa shape index (κ2) is 8.05. The molecular formula is C23H24F3N3O. The Kier molecular flexibility index (Phi) is 5.83. The highest BCUT2D eigenvalue weighted by Crippen LogP contribution is 2.30. The monoisotopic (exact) mass is 415 g/mol. The maximum atomic E-state index is 12.4. The highest BCUT2D eigenvalue weighted by Gasteiger charge is 2.28. The summed E-state index contributed by atoms with van der Waals surface area (Å²) in [7, 11) is 0. The maximum Gasteiger partial charge on any atom is 0.405 e. The van der Waals surface area contributed by atoms with Gasteiger partial charge in [0, 0.05) is 16.3 Å². The van der Waals surface area contributed by atoms with E-state index in [1.54, 1.807) is 18.3 Å². The molecule has 3 rings (SSSR count). The normalized spacial score (nSPS) is 12.2. The van der Waals surface area contributed by atoms with Crippen LogP contribution in [0.5, 0.6) is 0 Å². The molecule has 0 spiro atoms. The van der Waals surface area contributed by atoms with Gasteiger partial charge in [-0.1, -0.05) is 39.0 Å². The predicted molar refractivity (Wildman–Crippen MR) is 111 cm³/mol. The lowest BCUT2D eigenvalue weighted by atomic mass is 9.88. The summed E-state index contributed by atoms with van der Waals surface area (Å²) >= 11 is 0. The maximum absolute atomic E-state index is 12.4. The van der Waals surface area contributed by atoms with Crippen molar-refractivity contribution in [2.24, 2.45) is 5.41 Å². The highest BCUT2D eigenvalue weighted by molar-refractivity contribution is 5.96. The quantitative estimate of drug-likeness (QED) is 0.613. The van der Waals surface area contributed by atoms with E-state index in [0.717, 1.165) is 39.6 Å². The van der Waals surface area contributed by atoms with E-state index >= 15 is 0 Å². The Labute approximate surface area is 173 Å². The van der Waals surface area contributed by atoms with Crippen molar-refractivity contribution >= 4 is 16.7 Å². The molecular weight excluding hydrogens is 391 g/mol. The summed E-state index contributed by atoms with van der Waals surface area (Å²) in [5.74, 6) is -0.757. The number of carbonyl (C=O) groups is 1. The molecule has 0 unspecified atom stereocenters. The van der Waals surface area contributed by atoms with Crippen molar-refractivity contribution in [2.75, 3.05) is 6.54 Å². The van der Waals surface area contributed by atoms with Gasteiger partial charge in [-0.15, -0.1) is 0 Å². The minimum absolute atomic E-state index is 0.0658. The van der Waals surface area contributed by atoms with Crippen molar-refractivity contribution in [2.45, 2.75) is 40.3 Å². The number of nitrogens with one attached hydrogen (secondary N) is 1. The van der Waals surface area contributed by atoms with Gasteiger partial charge in [0.2, 0.25) is 0 Å². The van der Waals surface area contributed by atoms with Gasteiger partial charge in [-0.05, 0) is 53.6 Å². The number of halogens is 3. The van der Waals surface area contributed by atoms with Crippen molar-refractivity contribution in [1.29, 1.82) is 0 Å². The number of carbonyl (C=O) groups excluding carboxylic acids is 1. The van der Waals surface area contributed by atoms with Crippen LogP contribution in [0.3, 0.4) is 0 Å². The van der Waals surface area contributed by atoms with E-state index in [4.69, 9.17) is 0 Å². The number of aryl methyl sites for hydroxylation is 1. The number of alkyl halides is 3. The van der Waals surface area contributed by atoms with Crippen molar-refractivity contribution in [3.8, 4) is 11.1 Å². The minimum atomic E-state index is -4.45. The van der Waals surface area contributed by atoms with Gasteiger partial charge in [0.15, 0.2) is 0 Å². The van der Waals surface area contributed by atoms with Crippen LogP contribution in [0.25, 0.3) is 21.9 Å². The average molecular weight is 415 g/mol. The van der Waals surface area contributed by atoms with E-state index in [2.05, 4.69) is 31.0 Å². The Morgan fingerprint density at radius 1 is 1.07 bits per heavy atom. The Balaban J connectivity index is 1.96. The molecule has 0 fully saturated rings. The van der Waals surface area contributed by atoms with E-state index in [0.29, 0.717) is 0 Å². The van der Waals surface area contributed by atoms with Crippen LogP contribution in [0.1, 0.15) is 42.4 Å². The van der Waals surface area contributed by atoms with Crippen molar-refractivity contribution in [3.05, 3.63) is 59.4 Å². The zero-order valence-electron chi connectivity index (χ0n) is 17.4. The molecule has 0 atom stereocenters. The highest BCUT2D eigenvalue weighted by atomic mass is 19.4. The van der Waals surface area contributed by atoms with Gasteiger partial charge in [0.05, 0.1) is 11.9 Å². The molecule has 0 aliphatic carbocycles. The Morgan fingerprint density at radius 2 is 1.80 bits per heavy atom. The first kappa shape index (κ1) is 21.7. The van der Waals surface area contributed by atoms with Gasteiger partial charge in [-0.3, -0.25) is 4.79 Å². The van der Waals surface area contributed by atoms with Gasteiger partial charge in [0.1, 0.15) is 6.54 Å². The molecule has 1 N–H and O–H groups in total. The first-order chi connectivity index (χ1) is 13.9. The molecule has 4 nitrogen and oxygen atoms in total. The smallest absolute Gasteiger partial charge is 0.343 e. The van der Waals surface area contributed by atoms with Crippen LogP contribution in [0.15, 0.2) is 42.6 Å². The molecule has 0 aliphatic rings. The van der Waals surface area contributed by atoms with E-state index in [9.17, 15) is 18.0 Å². The SMILES string of the molecule is Cc1ccc(C(=O)NCC(F)(F)F)cc1-c1ccc2c(CC(C)(C)C)nncc2c1. The Hall–Kier alpha value is -2.96. The van der Waals surface area contributed by atoms with Gasteiger partial charge in [-0.2, -0.15) is 23.4 Å². The number of rotatable bonds is 4. The topological polar surface area (TPSA) is 54.9 Å². The molecule has 0 saturated heterocycles. The van der Waals surface area contributed by atoms with Gasteiger partial charge in [0.25, 0.3) is 5.91 Å². The third-order valence-electron chi connectivity index (χ3n) is 4.70. The summed E-state index contributed by atoms with van der Waals surface area (Å²) in [6.45, 7) is 6.95. The van der Waals surface area contributed by atoms with Crippen LogP contribution in [-0.4, -0.2) is 28.8 Å². The molecule has 0 radical (unpaired) electrons. The van der Waals surface area contributed by atoms with Crippen molar-refractivity contribution in [3.63, 3.8) is 0 Å². The molecule has 1 heterocycles. The van der Waals surface area contributed by atoms with Crippen LogP contribution >= 0.6 is 0 Å². The first-order valence-corrected chi connectivity index (χ1v) is 9.63. The summed E-state index contributed by atoms with van der Waals surface area (Å²) in [4.78, 5) is 12.1. The molecule has 158 valence electrons. The van der Waals surface area contributed by atoms with Crippen LogP contribution < -0.4 is 5.32 Å². The van der Waals surface area contributed by atoms with E-state index in [1.165, 1.54) is 6.07 Å². The number of aromatic nitrogens is 2. The van der Waals surface area contributed by atoms with E-state index in [1.807, 2.05) is 30.4 Å². The fraction of sp³-hybridized carbons (Fsp3) is 0.348. The minimum Gasteiger partial charge on any atom is -0.343 e. The Morgan fingerprint density at radius 3 is 2.47 bits per heavy atom. The second-order valence-corrected chi connectivity index (χ2v) is 8.66. The van der Waals surface area contributed by atoms with Gasteiger partial charge < -0.3 is 5.32 Å². The number of benzene rings is 2. The number of amides is 1. The molecule has 0 aliphatic heterocycles. The van der Waals surface area contributed by atoms with Gasteiger partial charge in [-0.25, -0.2) is 0 Å². The van der Waals surface area contributed by atoms with Crippen molar-refractivity contribution in [1.82, 2.24) is 15.5 Å². The lowest BCUT2D eigenvalue weighted by Crippen LogP contribution is -2.33. The van der Waals surface area contributed by atoms with Crippen LogP contribution in [0, 0.1) is 12.3 Å². The zero-order chi connectivity index (χ0) is 22.1. The lowest BCUT2D eigenvalue weighted by molar-refractivity contribution is -0.123. The molecule has 7 heteroatoms. The number of fused-ring (bicyclic) bond motifs is 1. The predicted octanol–water partition coefficient (Wildman–Crippen LogP) is 5.49. The third-order valence-corrected chi connectivity index (χ3v) is 4.70. The summed E-state index contributed by atoms with van der Waals surface area (Å²) in [6.07, 6.45) is -1.97. The van der Waals surface area contributed by atoms with Crippen LogP contribution in [0.4, 0.5) is 13.2 Å². The van der Waals surface area contributed by atoms with E-state index in [-0.39, 0.29) is 11.0 Å². The number of nitrogens with zero attached hydrogens (tertiary/aromatic N) is 2. The van der Waals surface area contributed by atoms with Crippen LogP contribution in [-0.2, 0) is 6.42 Å². The molecule has 0 bridgehead atoms. The third kappa shape index (κ3) is 5.34. The average Bonchev–Trinajstić information content (AvgIpc) is 2.64. The largest absolute Gasteiger partial charge is 0.405 e. The summed E-state index contributed by atoms with van der Waals surface area (Å²) in [6, 6.07) is 10.8. The standard InChI is InChI=1S/C23H24F3N3O/c1-14-5-6-16(21(30)27-13-23(24,25)26)10-19(14)15-7-8-18-17(9-15)12-28-29-20(18)11-22(2,3)4/h5-10,12H,11,13H2,1-4H3,(H,27,30). The summed E-state index contributed by atoms with van der Waals surface area (Å²) < 4.78 is 37.2. The first-order valence-electron chi connectivity index (χ1n) is 9.63. The Bertz CT molecular complexity index is 1090. The molecule has 0 saturated carbocycles. The number of hydrogen-bond donors (Lipinski definition) is 1. The lowest BCUT2D eigenvalue weighted by Gasteiger charge is -2.18.